The van der Waals surface area contributed by atoms with Crippen LogP contribution in [-0.4, -0.2) is 40.8 Å². The molecule has 0 spiro atoms. The van der Waals surface area contributed by atoms with Crippen molar-refractivity contribution in [1.82, 2.24) is 10.2 Å². The van der Waals surface area contributed by atoms with Gasteiger partial charge in [-0.2, -0.15) is 0 Å². The molecule has 4 nitrogen and oxygen atoms in total. The first-order chi connectivity index (χ1) is 6.50. The average molecular weight is 200 g/mol. The zero-order chi connectivity index (χ0) is 10.7. The van der Waals surface area contributed by atoms with Gasteiger partial charge in [0.2, 0.25) is 0 Å². The monoisotopic (exact) mass is 200 g/mol. The molecule has 1 aliphatic heterocycles. The molecule has 1 rings (SSSR count). The summed E-state index contributed by atoms with van der Waals surface area (Å²) in [5, 5.41) is 12.3. The molecule has 1 saturated heterocycles. The quantitative estimate of drug-likeness (QED) is 0.710. The molecule has 0 aromatic heterocycles. The summed E-state index contributed by atoms with van der Waals surface area (Å²) in [6.45, 7) is 6.76. The van der Waals surface area contributed by atoms with Crippen LogP contribution in [0, 0.1) is 0 Å². The highest BCUT2D eigenvalue weighted by Gasteiger charge is 2.28. The Morgan fingerprint density at radius 3 is 2.64 bits per heavy atom. The van der Waals surface area contributed by atoms with Gasteiger partial charge in [0.1, 0.15) is 0 Å². The molecule has 0 unspecified atom stereocenters. The van der Waals surface area contributed by atoms with Crippen LogP contribution in [0.15, 0.2) is 0 Å². The van der Waals surface area contributed by atoms with Crippen LogP contribution in [-0.2, 0) is 0 Å². The summed E-state index contributed by atoms with van der Waals surface area (Å²) >= 11 is 0. The summed E-state index contributed by atoms with van der Waals surface area (Å²) in [5.74, 6) is 0. The van der Waals surface area contributed by atoms with Crippen molar-refractivity contribution in [3.05, 3.63) is 0 Å². The van der Waals surface area contributed by atoms with E-state index >= 15 is 0 Å². The van der Waals surface area contributed by atoms with Crippen molar-refractivity contribution in [3.63, 3.8) is 0 Å². The third-order valence-electron chi connectivity index (χ3n) is 2.70. The maximum absolute atomic E-state index is 10.9. The van der Waals surface area contributed by atoms with E-state index in [1.807, 2.05) is 6.92 Å². The number of nitrogens with zero attached hydrogens (tertiary/aromatic N) is 1. The Morgan fingerprint density at radius 2 is 2.14 bits per heavy atom. The molecule has 82 valence electrons. The molecule has 0 aliphatic carbocycles. The lowest BCUT2D eigenvalue weighted by atomic mass is 9.99. The van der Waals surface area contributed by atoms with Gasteiger partial charge >= 0.3 is 6.09 Å². The molecule has 0 saturated carbocycles. The zero-order valence-corrected chi connectivity index (χ0v) is 9.16. The Balaban J connectivity index is 2.49. The van der Waals surface area contributed by atoms with E-state index in [9.17, 15) is 4.79 Å². The fourth-order valence-corrected chi connectivity index (χ4v) is 1.98. The van der Waals surface area contributed by atoms with Crippen LogP contribution in [0.2, 0.25) is 0 Å². The SMILES string of the molecule is CC(C)N[C@@H]1CC[C@H](C)N(C(=O)O)C1. The van der Waals surface area contributed by atoms with Crippen molar-refractivity contribution < 1.29 is 9.90 Å². The predicted molar refractivity (Wildman–Crippen MR) is 55.5 cm³/mol. The number of carbonyl (C=O) groups is 1. The minimum Gasteiger partial charge on any atom is -0.465 e. The molecule has 14 heavy (non-hydrogen) atoms. The highest BCUT2D eigenvalue weighted by atomic mass is 16.4. The highest BCUT2D eigenvalue weighted by Crippen LogP contribution is 2.17. The largest absolute Gasteiger partial charge is 0.465 e. The number of likely N-dealkylation sites (tertiary alicyclic amines) is 1. The number of nitrogens with one attached hydrogen (secondary N) is 1. The second-order valence-corrected chi connectivity index (χ2v) is 4.38. The van der Waals surface area contributed by atoms with Crippen molar-refractivity contribution in [1.29, 1.82) is 0 Å². The molecule has 4 heteroatoms. The van der Waals surface area contributed by atoms with Gasteiger partial charge in [-0.05, 0) is 19.8 Å². The van der Waals surface area contributed by atoms with Gasteiger partial charge in [0.15, 0.2) is 0 Å². The lowest BCUT2D eigenvalue weighted by molar-refractivity contribution is 0.0988. The van der Waals surface area contributed by atoms with Gasteiger partial charge in [-0.1, -0.05) is 13.8 Å². The van der Waals surface area contributed by atoms with Crippen LogP contribution in [0.1, 0.15) is 33.6 Å². The standard InChI is InChI=1S/C10H20N2O2/c1-7(2)11-9-5-4-8(3)12(6-9)10(13)14/h7-9,11H,4-6H2,1-3H3,(H,13,14)/t8-,9+/m0/s1. The van der Waals surface area contributed by atoms with E-state index in [0.29, 0.717) is 18.6 Å². The van der Waals surface area contributed by atoms with E-state index in [2.05, 4.69) is 19.2 Å². The summed E-state index contributed by atoms with van der Waals surface area (Å²) in [7, 11) is 0. The molecule has 1 amide bonds. The maximum atomic E-state index is 10.9. The second kappa shape index (κ2) is 4.64. The third-order valence-corrected chi connectivity index (χ3v) is 2.70. The van der Waals surface area contributed by atoms with Crippen molar-refractivity contribution >= 4 is 6.09 Å². The Hall–Kier alpha value is -0.770. The molecule has 2 atom stereocenters. The molecular weight excluding hydrogens is 180 g/mol. The summed E-state index contributed by atoms with van der Waals surface area (Å²) in [6, 6.07) is 0.907. The van der Waals surface area contributed by atoms with Crippen LogP contribution in [0.4, 0.5) is 4.79 Å². The molecule has 0 radical (unpaired) electrons. The topological polar surface area (TPSA) is 52.6 Å². The van der Waals surface area contributed by atoms with Gasteiger partial charge in [0, 0.05) is 24.7 Å². The molecule has 0 aromatic carbocycles. The first-order valence-corrected chi connectivity index (χ1v) is 5.26. The summed E-state index contributed by atoms with van der Waals surface area (Å²) in [5.41, 5.74) is 0. The normalized spacial score (nSPS) is 28.1. The second-order valence-electron chi connectivity index (χ2n) is 4.38. The lowest BCUT2D eigenvalue weighted by Crippen LogP contribution is -2.52. The molecule has 0 bridgehead atoms. The predicted octanol–water partition coefficient (Wildman–Crippen LogP) is 1.52. The zero-order valence-electron chi connectivity index (χ0n) is 9.16. The highest BCUT2D eigenvalue weighted by molar-refractivity contribution is 5.65. The van der Waals surface area contributed by atoms with Crippen LogP contribution >= 0.6 is 0 Å². The van der Waals surface area contributed by atoms with Crippen LogP contribution in [0.5, 0.6) is 0 Å². The Kier molecular flexibility index (Phi) is 3.75. The van der Waals surface area contributed by atoms with Gasteiger partial charge < -0.3 is 15.3 Å². The van der Waals surface area contributed by atoms with Crippen molar-refractivity contribution in [2.45, 2.75) is 51.7 Å². The number of hydrogen-bond acceptors (Lipinski definition) is 2. The molecule has 1 fully saturated rings. The Morgan fingerprint density at radius 1 is 1.50 bits per heavy atom. The van der Waals surface area contributed by atoms with Crippen molar-refractivity contribution in [2.75, 3.05) is 6.54 Å². The average Bonchev–Trinajstić information content (AvgIpc) is 2.07. The van der Waals surface area contributed by atoms with Crippen molar-refractivity contribution in [2.24, 2.45) is 0 Å². The van der Waals surface area contributed by atoms with Crippen molar-refractivity contribution in [3.8, 4) is 0 Å². The van der Waals surface area contributed by atoms with Gasteiger partial charge in [-0.3, -0.25) is 0 Å². The van der Waals surface area contributed by atoms with Gasteiger partial charge in [-0.25, -0.2) is 4.79 Å². The molecular formula is C10H20N2O2. The van der Waals surface area contributed by atoms with E-state index in [4.69, 9.17) is 5.11 Å². The third kappa shape index (κ3) is 2.87. The molecule has 1 heterocycles. The summed E-state index contributed by atoms with van der Waals surface area (Å²) in [6.07, 6.45) is 1.23. The van der Waals surface area contributed by atoms with Crippen LogP contribution in [0.25, 0.3) is 0 Å². The maximum Gasteiger partial charge on any atom is 0.407 e. The van der Waals surface area contributed by atoms with Crippen LogP contribution < -0.4 is 5.32 Å². The Labute approximate surface area is 85.3 Å². The summed E-state index contributed by atoms with van der Waals surface area (Å²) in [4.78, 5) is 12.4. The van der Waals surface area contributed by atoms with E-state index in [0.717, 1.165) is 12.8 Å². The molecule has 2 N–H and O–H groups in total. The number of carboxylic acid groups (broad SMARTS) is 1. The lowest BCUT2D eigenvalue weighted by Gasteiger charge is -2.37. The Bertz CT molecular complexity index is 206. The molecule has 1 aliphatic rings. The molecule has 0 aromatic rings. The number of piperidine rings is 1. The first kappa shape index (κ1) is 11.3. The van der Waals surface area contributed by atoms with Gasteiger partial charge in [-0.15, -0.1) is 0 Å². The van der Waals surface area contributed by atoms with E-state index in [1.54, 1.807) is 0 Å². The van der Waals surface area contributed by atoms with E-state index in [1.165, 1.54) is 4.90 Å². The van der Waals surface area contributed by atoms with E-state index < -0.39 is 6.09 Å². The van der Waals surface area contributed by atoms with Gasteiger partial charge in [0.05, 0.1) is 0 Å². The van der Waals surface area contributed by atoms with Crippen LogP contribution in [0.3, 0.4) is 0 Å². The fourth-order valence-electron chi connectivity index (χ4n) is 1.98. The van der Waals surface area contributed by atoms with Gasteiger partial charge in [0.25, 0.3) is 0 Å². The number of amides is 1. The van der Waals surface area contributed by atoms with E-state index in [-0.39, 0.29) is 6.04 Å². The summed E-state index contributed by atoms with van der Waals surface area (Å²) < 4.78 is 0. The number of hydrogen-bond donors (Lipinski definition) is 2. The smallest absolute Gasteiger partial charge is 0.407 e. The first-order valence-electron chi connectivity index (χ1n) is 5.26. The fraction of sp³-hybridized carbons (Fsp3) is 0.900. The number of rotatable bonds is 2. The minimum atomic E-state index is -0.798. The minimum absolute atomic E-state index is 0.165.